The van der Waals surface area contributed by atoms with Crippen molar-refractivity contribution in [2.75, 3.05) is 11.9 Å². The second-order valence-electron chi connectivity index (χ2n) is 7.37. The van der Waals surface area contributed by atoms with Gasteiger partial charge in [-0.3, -0.25) is 19.7 Å². The molecule has 0 aromatic heterocycles. The molecule has 0 saturated heterocycles. The Labute approximate surface area is 187 Å². The minimum Gasteiger partial charge on any atom is -0.324 e. The van der Waals surface area contributed by atoms with Gasteiger partial charge in [-0.25, -0.2) is 4.39 Å². The standard InChI is InChI=1S/C23H17ClFN3O4/c1-13-17(3-2-4-20(13)28(31)32)23(30)27-12-21(29)26-19-10-7-15(24)11-18(19)22(27)14-5-8-16(25)9-6-14/h2-11,22H,12H2,1H3,(H,26,29). The molecule has 1 N–H and O–H groups in total. The fourth-order valence-corrected chi connectivity index (χ4v) is 4.06. The van der Waals surface area contributed by atoms with Gasteiger partial charge in [0.15, 0.2) is 0 Å². The van der Waals surface area contributed by atoms with Gasteiger partial charge in [-0.05, 0) is 48.9 Å². The fraction of sp³-hybridized carbons (Fsp3) is 0.130. The van der Waals surface area contributed by atoms with E-state index < -0.39 is 28.6 Å². The maximum Gasteiger partial charge on any atom is 0.273 e. The van der Waals surface area contributed by atoms with Crippen molar-refractivity contribution in [2.45, 2.75) is 13.0 Å². The summed E-state index contributed by atoms with van der Waals surface area (Å²) < 4.78 is 13.6. The van der Waals surface area contributed by atoms with Crippen LogP contribution in [0.5, 0.6) is 0 Å². The van der Waals surface area contributed by atoms with Crippen LogP contribution in [-0.4, -0.2) is 28.2 Å². The molecule has 3 aromatic rings. The van der Waals surface area contributed by atoms with Crippen LogP contribution in [0.4, 0.5) is 15.8 Å². The van der Waals surface area contributed by atoms with Gasteiger partial charge >= 0.3 is 0 Å². The molecular formula is C23H17ClFN3O4. The number of halogens is 2. The predicted molar refractivity (Wildman–Crippen MR) is 117 cm³/mol. The van der Waals surface area contributed by atoms with E-state index in [4.69, 9.17) is 11.6 Å². The summed E-state index contributed by atoms with van der Waals surface area (Å²) in [5, 5.41) is 14.5. The van der Waals surface area contributed by atoms with Gasteiger partial charge in [0, 0.05) is 33.5 Å². The summed E-state index contributed by atoms with van der Waals surface area (Å²) in [6.45, 7) is 1.18. The van der Waals surface area contributed by atoms with Crippen molar-refractivity contribution in [2.24, 2.45) is 0 Å². The lowest BCUT2D eigenvalue weighted by Crippen LogP contribution is -2.39. The molecule has 1 aliphatic heterocycles. The van der Waals surface area contributed by atoms with Gasteiger partial charge in [0.25, 0.3) is 11.6 Å². The molecule has 1 atom stereocenters. The van der Waals surface area contributed by atoms with Gasteiger partial charge in [-0.2, -0.15) is 0 Å². The molecule has 0 saturated carbocycles. The topological polar surface area (TPSA) is 92.6 Å². The lowest BCUT2D eigenvalue weighted by atomic mass is 9.94. The Kier molecular flexibility index (Phi) is 5.63. The average Bonchev–Trinajstić information content (AvgIpc) is 2.89. The van der Waals surface area contributed by atoms with E-state index in [1.807, 2.05) is 0 Å². The number of rotatable bonds is 3. The monoisotopic (exact) mass is 453 g/mol. The van der Waals surface area contributed by atoms with Crippen LogP contribution in [0.2, 0.25) is 5.02 Å². The number of carbonyl (C=O) groups excluding carboxylic acids is 2. The third-order valence-electron chi connectivity index (χ3n) is 5.39. The summed E-state index contributed by atoms with van der Waals surface area (Å²) >= 11 is 6.22. The number of nitrogens with one attached hydrogen (secondary N) is 1. The van der Waals surface area contributed by atoms with Crippen LogP contribution in [0.15, 0.2) is 60.7 Å². The van der Waals surface area contributed by atoms with E-state index in [-0.39, 0.29) is 23.4 Å². The van der Waals surface area contributed by atoms with E-state index in [9.17, 15) is 24.1 Å². The molecule has 0 spiro atoms. The molecule has 7 nitrogen and oxygen atoms in total. The van der Waals surface area contributed by atoms with E-state index in [1.54, 1.807) is 18.2 Å². The molecule has 0 bridgehead atoms. The summed E-state index contributed by atoms with van der Waals surface area (Å²) in [7, 11) is 0. The quantitative estimate of drug-likeness (QED) is 0.452. The lowest BCUT2D eigenvalue weighted by Gasteiger charge is -2.31. The number of benzene rings is 3. The highest BCUT2D eigenvalue weighted by molar-refractivity contribution is 6.30. The smallest absolute Gasteiger partial charge is 0.273 e. The Morgan fingerprint density at radius 2 is 1.91 bits per heavy atom. The zero-order valence-corrected chi connectivity index (χ0v) is 17.6. The second kappa shape index (κ2) is 8.39. The highest BCUT2D eigenvalue weighted by Crippen LogP contribution is 2.38. The minimum atomic E-state index is -0.783. The SMILES string of the molecule is Cc1c(C(=O)N2CC(=O)Nc3ccc(Cl)cc3C2c2ccc(F)cc2)cccc1[N+](=O)[O-]. The Bertz CT molecular complexity index is 1250. The van der Waals surface area contributed by atoms with Crippen LogP contribution in [0.3, 0.4) is 0 Å². The molecule has 0 fully saturated rings. The number of hydrogen-bond donors (Lipinski definition) is 1. The number of nitro groups is 1. The molecule has 9 heteroatoms. The van der Waals surface area contributed by atoms with Gasteiger partial charge in [-0.1, -0.05) is 29.8 Å². The molecule has 1 heterocycles. The van der Waals surface area contributed by atoms with Gasteiger partial charge in [-0.15, -0.1) is 0 Å². The third kappa shape index (κ3) is 3.92. The number of carbonyl (C=O) groups is 2. The lowest BCUT2D eigenvalue weighted by molar-refractivity contribution is -0.385. The van der Waals surface area contributed by atoms with Gasteiger partial charge in [0.05, 0.1) is 11.0 Å². The van der Waals surface area contributed by atoms with Gasteiger partial charge in [0.2, 0.25) is 5.91 Å². The number of nitrogens with zero attached hydrogens (tertiary/aromatic N) is 2. The first kappa shape index (κ1) is 21.5. The van der Waals surface area contributed by atoms with E-state index in [0.29, 0.717) is 21.8 Å². The van der Waals surface area contributed by atoms with Crippen molar-refractivity contribution in [1.29, 1.82) is 0 Å². The molecule has 2 amide bonds. The van der Waals surface area contributed by atoms with Crippen molar-refractivity contribution in [3.05, 3.63) is 104 Å². The highest BCUT2D eigenvalue weighted by Gasteiger charge is 2.35. The molecule has 162 valence electrons. The average molecular weight is 454 g/mol. The van der Waals surface area contributed by atoms with Crippen molar-refractivity contribution < 1.29 is 18.9 Å². The first-order valence-electron chi connectivity index (χ1n) is 9.66. The Morgan fingerprint density at radius 3 is 2.59 bits per heavy atom. The molecule has 0 radical (unpaired) electrons. The number of amides is 2. The largest absolute Gasteiger partial charge is 0.324 e. The van der Waals surface area contributed by atoms with Crippen LogP contribution in [0, 0.1) is 22.9 Å². The summed E-state index contributed by atoms with van der Waals surface area (Å²) in [5.41, 5.74) is 1.67. The summed E-state index contributed by atoms with van der Waals surface area (Å²) in [6, 6.07) is 13.9. The van der Waals surface area contributed by atoms with E-state index in [0.717, 1.165) is 0 Å². The van der Waals surface area contributed by atoms with Crippen molar-refractivity contribution >= 4 is 34.8 Å². The Morgan fingerprint density at radius 1 is 1.19 bits per heavy atom. The Balaban J connectivity index is 1.91. The second-order valence-corrected chi connectivity index (χ2v) is 7.81. The zero-order chi connectivity index (χ0) is 23.0. The van der Waals surface area contributed by atoms with Crippen LogP contribution in [0.1, 0.15) is 33.1 Å². The molecule has 1 aliphatic rings. The van der Waals surface area contributed by atoms with E-state index in [2.05, 4.69) is 5.32 Å². The first-order valence-corrected chi connectivity index (χ1v) is 10.0. The van der Waals surface area contributed by atoms with Crippen LogP contribution >= 0.6 is 11.6 Å². The maximum atomic E-state index is 13.7. The van der Waals surface area contributed by atoms with E-state index in [1.165, 1.54) is 54.3 Å². The van der Waals surface area contributed by atoms with Gasteiger partial charge in [0.1, 0.15) is 12.4 Å². The number of fused-ring (bicyclic) bond motifs is 1. The van der Waals surface area contributed by atoms with Crippen molar-refractivity contribution in [3.63, 3.8) is 0 Å². The molecule has 4 rings (SSSR count). The third-order valence-corrected chi connectivity index (χ3v) is 5.62. The molecule has 0 aliphatic carbocycles. The minimum absolute atomic E-state index is 0.101. The van der Waals surface area contributed by atoms with Crippen LogP contribution in [-0.2, 0) is 4.79 Å². The normalized spacial score (nSPS) is 15.5. The predicted octanol–water partition coefficient (Wildman–Crippen LogP) is 4.88. The summed E-state index contributed by atoms with van der Waals surface area (Å²) in [6.07, 6.45) is 0. The molecule has 3 aromatic carbocycles. The number of anilines is 1. The maximum absolute atomic E-state index is 13.7. The van der Waals surface area contributed by atoms with Gasteiger partial charge < -0.3 is 10.2 Å². The first-order chi connectivity index (χ1) is 15.3. The van der Waals surface area contributed by atoms with Crippen molar-refractivity contribution in [3.8, 4) is 0 Å². The van der Waals surface area contributed by atoms with Crippen LogP contribution in [0.25, 0.3) is 0 Å². The summed E-state index contributed by atoms with van der Waals surface area (Å²) in [4.78, 5) is 38.4. The number of hydrogen-bond acceptors (Lipinski definition) is 4. The molecular weight excluding hydrogens is 437 g/mol. The Hall–Kier alpha value is -3.78. The van der Waals surface area contributed by atoms with Crippen LogP contribution < -0.4 is 5.32 Å². The number of nitro benzene ring substituents is 1. The molecule has 32 heavy (non-hydrogen) atoms. The molecule has 1 unspecified atom stereocenters. The van der Waals surface area contributed by atoms with E-state index >= 15 is 0 Å². The zero-order valence-electron chi connectivity index (χ0n) is 16.8. The highest BCUT2D eigenvalue weighted by atomic mass is 35.5. The fourth-order valence-electron chi connectivity index (χ4n) is 3.88. The summed E-state index contributed by atoms with van der Waals surface area (Å²) in [5.74, 6) is -1.45. The van der Waals surface area contributed by atoms with Crippen molar-refractivity contribution in [1.82, 2.24) is 4.90 Å².